The zero-order valence-corrected chi connectivity index (χ0v) is 17.4. The second-order valence-corrected chi connectivity index (χ2v) is 6.73. The van der Waals surface area contributed by atoms with Crippen LogP contribution in [0.15, 0.2) is 30.3 Å². The van der Waals surface area contributed by atoms with E-state index >= 15 is 0 Å². The minimum atomic E-state index is -1.05. The number of anilines is 3. The monoisotopic (exact) mass is 421 g/mol. The van der Waals surface area contributed by atoms with Gasteiger partial charge >= 0.3 is 11.9 Å². The van der Waals surface area contributed by atoms with E-state index in [4.69, 9.17) is 33.2 Å². The number of thiol groups is 1. The molecule has 1 unspecified atom stereocenters. The quantitative estimate of drug-likeness (QED) is 0.271. The number of fused-ring (bicyclic) bond motifs is 1. The molecule has 9 heteroatoms. The molecule has 2 aromatic rings. The van der Waals surface area contributed by atoms with Crippen LogP contribution in [-0.4, -0.2) is 30.1 Å². The molecule has 4 N–H and O–H groups in total. The molecule has 0 aliphatic heterocycles. The van der Waals surface area contributed by atoms with Crippen molar-refractivity contribution in [2.75, 3.05) is 29.0 Å². The van der Waals surface area contributed by atoms with Crippen molar-refractivity contribution in [3.05, 3.63) is 30.3 Å². The molecule has 0 saturated carbocycles. The molecule has 0 bridgehead atoms. The van der Waals surface area contributed by atoms with Gasteiger partial charge in [0, 0.05) is 5.39 Å². The summed E-state index contributed by atoms with van der Waals surface area (Å²) in [7, 11) is 0. The summed E-state index contributed by atoms with van der Waals surface area (Å²) in [4.78, 5) is 24.5. The Morgan fingerprint density at radius 2 is 1.82 bits per heavy atom. The number of nitrogen functional groups attached to an aromatic ring is 2. The van der Waals surface area contributed by atoms with Crippen LogP contribution in [0.2, 0.25) is 0 Å². The summed E-state index contributed by atoms with van der Waals surface area (Å²) < 4.78 is 11.3. The van der Waals surface area contributed by atoms with Gasteiger partial charge in [-0.15, -0.1) is 0 Å². The van der Waals surface area contributed by atoms with Crippen molar-refractivity contribution in [3.8, 4) is 0 Å². The maximum Gasteiger partial charge on any atom is 0.316 e. The van der Waals surface area contributed by atoms with Gasteiger partial charge in [-0.1, -0.05) is 49.3 Å². The van der Waals surface area contributed by atoms with Crippen molar-refractivity contribution in [2.24, 2.45) is 5.92 Å². The molecular weight excluding hydrogens is 398 g/mol. The summed E-state index contributed by atoms with van der Waals surface area (Å²) in [6.45, 7) is 3.69. The Hall–Kier alpha value is -2.52. The van der Waals surface area contributed by atoms with Crippen LogP contribution >= 0.6 is 25.0 Å². The first-order chi connectivity index (χ1) is 13.3. The summed E-state index contributed by atoms with van der Waals surface area (Å²) in [6, 6.07) is 9.18. The van der Waals surface area contributed by atoms with E-state index in [1.807, 2.05) is 24.3 Å². The predicted molar refractivity (Wildman–Crippen MR) is 118 cm³/mol. The highest BCUT2D eigenvalue weighted by atomic mass is 32.1. The number of thiocarbonyl (C=S) groups is 1. The van der Waals surface area contributed by atoms with Crippen molar-refractivity contribution in [1.29, 1.82) is 0 Å². The van der Waals surface area contributed by atoms with Crippen molar-refractivity contribution < 1.29 is 19.1 Å². The highest BCUT2D eigenvalue weighted by Crippen LogP contribution is 2.39. The van der Waals surface area contributed by atoms with E-state index in [9.17, 15) is 9.59 Å². The van der Waals surface area contributed by atoms with Crippen LogP contribution in [0.4, 0.5) is 17.1 Å². The van der Waals surface area contributed by atoms with E-state index in [2.05, 4.69) is 12.8 Å². The molecule has 0 spiro atoms. The molecule has 2 rings (SSSR count). The summed E-state index contributed by atoms with van der Waals surface area (Å²) in [5.74, 6) is -2.24. The standard InChI is InChI=1S/C19H23N3O4S2/c1-3-25-15(23)10-13(19(24)26-4-2)18(27)22(28)17-12-8-6-5-7-11(12)9-14(20)16(17)21/h5-9,13,28H,3-4,10,20-21H2,1-2H3. The van der Waals surface area contributed by atoms with E-state index in [0.29, 0.717) is 11.4 Å². The van der Waals surface area contributed by atoms with Crippen molar-refractivity contribution in [3.63, 3.8) is 0 Å². The minimum Gasteiger partial charge on any atom is -0.466 e. The fraction of sp³-hybridized carbons (Fsp3) is 0.316. The second kappa shape index (κ2) is 9.61. The van der Waals surface area contributed by atoms with Crippen LogP contribution in [0, 0.1) is 5.92 Å². The Bertz CT molecular complexity index is 904. The van der Waals surface area contributed by atoms with Gasteiger partial charge in [-0.25, -0.2) is 0 Å². The number of nitrogens with zero attached hydrogens (tertiary/aromatic N) is 1. The Morgan fingerprint density at radius 1 is 1.18 bits per heavy atom. The molecule has 0 saturated heterocycles. The number of nitrogens with two attached hydrogens (primary N) is 2. The lowest BCUT2D eigenvalue weighted by molar-refractivity contribution is -0.152. The summed E-state index contributed by atoms with van der Waals surface area (Å²) >= 11 is 9.96. The lowest BCUT2D eigenvalue weighted by Crippen LogP contribution is -2.36. The van der Waals surface area contributed by atoms with E-state index in [1.165, 1.54) is 4.31 Å². The van der Waals surface area contributed by atoms with Gasteiger partial charge in [-0.3, -0.25) is 13.9 Å². The molecule has 150 valence electrons. The van der Waals surface area contributed by atoms with Gasteiger partial charge in [0.25, 0.3) is 0 Å². The zero-order valence-electron chi connectivity index (χ0n) is 15.7. The maximum atomic E-state index is 12.4. The van der Waals surface area contributed by atoms with Crippen LogP contribution in [0.5, 0.6) is 0 Å². The SMILES string of the molecule is CCOC(=O)CC(C(=O)OCC)C(=S)N(S)c1c(N)c(N)cc2ccccc12. The first-order valence-electron chi connectivity index (χ1n) is 8.73. The fourth-order valence-corrected chi connectivity index (χ4v) is 3.38. The highest BCUT2D eigenvalue weighted by molar-refractivity contribution is 7.87. The Morgan fingerprint density at radius 3 is 2.46 bits per heavy atom. The molecule has 0 aromatic heterocycles. The number of esters is 2. The first-order valence-corrected chi connectivity index (χ1v) is 9.54. The number of ether oxygens (including phenoxy) is 2. The Labute approximate surface area is 174 Å². The lowest BCUT2D eigenvalue weighted by Gasteiger charge is -2.26. The average molecular weight is 422 g/mol. The minimum absolute atomic E-state index is 0.0669. The number of carbonyl (C=O) groups is 2. The predicted octanol–water partition coefficient (Wildman–Crippen LogP) is 3.12. The molecule has 0 amide bonds. The zero-order chi connectivity index (χ0) is 20.8. The molecule has 2 aromatic carbocycles. The van der Waals surface area contributed by atoms with E-state index in [-0.39, 0.29) is 30.3 Å². The summed E-state index contributed by atoms with van der Waals surface area (Å²) in [5, 5.41) is 1.59. The fourth-order valence-electron chi connectivity index (χ4n) is 2.75. The molecule has 0 aliphatic carbocycles. The van der Waals surface area contributed by atoms with Crippen molar-refractivity contribution >= 4 is 69.8 Å². The normalized spacial score (nSPS) is 11.7. The molecule has 28 heavy (non-hydrogen) atoms. The number of hydrogen-bond donors (Lipinski definition) is 3. The van der Waals surface area contributed by atoms with Crippen LogP contribution in [0.3, 0.4) is 0 Å². The van der Waals surface area contributed by atoms with Crippen LogP contribution in [-0.2, 0) is 19.1 Å². The third-order valence-corrected chi connectivity index (χ3v) is 5.08. The van der Waals surface area contributed by atoms with Crippen LogP contribution in [0.25, 0.3) is 10.8 Å². The topological polar surface area (TPSA) is 108 Å². The average Bonchev–Trinajstić information content (AvgIpc) is 2.66. The van der Waals surface area contributed by atoms with Gasteiger partial charge in [0.15, 0.2) is 0 Å². The lowest BCUT2D eigenvalue weighted by atomic mass is 10.0. The van der Waals surface area contributed by atoms with E-state index in [1.54, 1.807) is 19.9 Å². The molecule has 0 fully saturated rings. The third kappa shape index (κ3) is 4.66. The number of hydrogen-bond acceptors (Lipinski definition) is 8. The van der Waals surface area contributed by atoms with Crippen molar-refractivity contribution in [1.82, 2.24) is 0 Å². The third-order valence-electron chi connectivity index (χ3n) is 4.06. The molecule has 7 nitrogen and oxygen atoms in total. The van der Waals surface area contributed by atoms with E-state index < -0.39 is 17.9 Å². The van der Waals surface area contributed by atoms with Gasteiger partial charge in [0.2, 0.25) is 0 Å². The molecule has 1 atom stereocenters. The smallest absolute Gasteiger partial charge is 0.316 e. The molecule has 0 heterocycles. The van der Waals surface area contributed by atoms with Crippen LogP contribution < -0.4 is 15.8 Å². The number of carbonyl (C=O) groups excluding carboxylic acids is 2. The van der Waals surface area contributed by atoms with Crippen molar-refractivity contribution in [2.45, 2.75) is 20.3 Å². The summed E-state index contributed by atoms with van der Waals surface area (Å²) in [5.41, 5.74) is 13.3. The Balaban J connectivity index is 2.47. The van der Waals surface area contributed by atoms with Gasteiger partial charge < -0.3 is 20.9 Å². The molecular formula is C19H23N3O4S2. The highest BCUT2D eigenvalue weighted by Gasteiger charge is 2.32. The Kier molecular flexibility index (Phi) is 7.47. The first kappa shape index (κ1) is 21.8. The maximum absolute atomic E-state index is 12.4. The summed E-state index contributed by atoms with van der Waals surface area (Å²) in [6.07, 6.45) is -0.261. The van der Waals surface area contributed by atoms with Crippen LogP contribution in [0.1, 0.15) is 20.3 Å². The number of benzene rings is 2. The molecule has 0 radical (unpaired) electrons. The van der Waals surface area contributed by atoms with Gasteiger partial charge in [-0.2, -0.15) is 0 Å². The van der Waals surface area contributed by atoms with Gasteiger partial charge in [-0.05, 0) is 25.3 Å². The van der Waals surface area contributed by atoms with Gasteiger partial charge in [0.05, 0.1) is 36.7 Å². The van der Waals surface area contributed by atoms with Gasteiger partial charge in [0.1, 0.15) is 10.9 Å². The second-order valence-electron chi connectivity index (χ2n) is 5.91. The van der Waals surface area contributed by atoms with E-state index in [0.717, 1.165) is 10.8 Å². The largest absolute Gasteiger partial charge is 0.466 e. The number of rotatable bonds is 7. The molecule has 0 aliphatic rings.